The minimum atomic E-state index is 0.395. The van der Waals surface area contributed by atoms with E-state index < -0.39 is 0 Å². The highest BCUT2D eigenvalue weighted by molar-refractivity contribution is 5.82. The van der Waals surface area contributed by atoms with Gasteiger partial charge in [-0.2, -0.15) is 0 Å². The summed E-state index contributed by atoms with van der Waals surface area (Å²) >= 11 is 0. The second-order valence-corrected chi connectivity index (χ2v) is 7.58. The van der Waals surface area contributed by atoms with Crippen molar-refractivity contribution in [1.29, 1.82) is 0 Å². The van der Waals surface area contributed by atoms with Crippen molar-refractivity contribution >= 4 is 18.2 Å². The Labute approximate surface area is 154 Å². The molecule has 0 radical (unpaired) electrons. The average molecular weight is 349 g/mol. The van der Waals surface area contributed by atoms with Crippen LogP contribution in [-0.2, 0) is 0 Å². The number of nitrogens with zero attached hydrogens (tertiary/aromatic N) is 4. The fourth-order valence-corrected chi connectivity index (χ4v) is 4.31. The molecule has 5 heteroatoms. The minimum Gasteiger partial charge on any atom is -0.490 e. The van der Waals surface area contributed by atoms with Crippen molar-refractivity contribution in [2.75, 3.05) is 5.01 Å². The van der Waals surface area contributed by atoms with Crippen LogP contribution in [0.25, 0.3) is 0 Å². The van der Waals surface area contributed by atoms with Crippen molar-refractivity contribution in [2.45, 2.75) is 57.1 Å². The molecule has 1 atom stereocenters. The van der Waals surface area contributed by atoms with Gasteiger partial charge in [-0.05, 0) is 69.2 Å². The van der Waals surface area contributed by atoms with Crippen molar-refractivity contribution in [2.24, 2.45) is 9.98 Å². The fourth-order valence-electron chi connectivity index (χ4n) is 4.31. The molecule has 134 valence electrons. The Morgan fingerprint density at radius 3 is 2.50 bits per heavy atom. The molecule has 5 nitrogen and oxygen atoms in total. The van der Waals surface area contributed by atoms with Crippen LogP contribution in [0.2, 0.25) is 0 Å². The van der Waals surface area contributed by atoms with Gasteiger partial charge in [-0.1, -0.05) is 0 Å². The van der Waals surface area contributed by atoms with Crippen molar-refractivity contribution in [3.8, 4) is 5.75 Å². The summed E-state index contributed by atoms with van der Waals surface area (Å²) in [4.78, 5) is 8.75. The summed E-state index contributed by atoms with van der Waals surface area (Å²) in [6.45, 7) is 0. The van der Waals surface area contributed by atoms with E-state index in [1.807, 2.05) is 25.0 Å². The molecule has 0 amide bonds. The molecule has 2 heterocycles. The number of ether oxygens (including phenoxy) is 1. The summed E-state index contributed by atoms with van der Waals surface area (Å²) in [5.41, 5.74) is 2.29. The number of aliphatic imine (C=N–C) groups is 2. The van der Waals surface area contributed by atoms with E-state index in [4.69, 9.17) is 4.74 Å². The van der Waals surface area contributed by atoms with E-state index >= 15 is 0 Å². The first-order valence-corrected chi connectivity index (χ1v) is 9.76. The summed E-state index contributed by atoms with van der Waals surface area (Å²) in [6, 6.07) is 9.14. The number of benzene rings is 1. The van der Waals surface area contributed by atoms with Gasteiger partial charge < -0.3 is 4.74 Å². The first kappa shape index (κ1) is 15.8. The molecule has 1 aromatic carbocycles. The minimum absolute atomic E-state index is 0.395. The molecular weight excluding hydrogens is 324 g/mol. The Hall–Kier alpha value is -2.40. The lowest BCUT2D eigenvalue weighted by molar-refractivity contribution is -0.746. The molecule has 4 aliphatic rings. The molecule has 2 aliphatic carbocycles. The molecule has 0 bridgehead atoms. The highest BCUT2D eigenvalue weighted by atomic mass is 16.5. The number of fused-ring (bicyclic) bond motifs is 1. The number of hydrogen-bond acceptors (Lipinski definition) is 4. The smallest absolute Gasteiger partial charge is 0.225 e. The van der Waals surface area contributed by atoms with Crippen LogP contribution in [0.5, 0.6) is 5.75 Å². The van der Waals surface area contributed by atoms with Crippen molar-refractivity contribution < 1.29 is 9.33 Å². The fraction of sp³-hybridized carbons (Fsp3) is 0.429. The van der Waals surface area contributed by atoms with Gasteiger partial charge in [0.2, 0.25) is 12.0 Å². The van der Waals surface area contributed by atoms with Crippen LogP contribution in [-0.4, -0.2) is 29.3 Å². The zero-order valence-corrected chi connectivity index (χ0v) is 15.0. The van der Waals surface area contributed by atoms with E-state index in [0.717, 1.165) is 11.4 Å². The van der Waals surface area contributed by atoms with Gasteiger partial charge in [0.25, 0.3) is 0 Å². The monoisotopic (exact) mass is 349 g/mol. The molecule has 0 saturated heterocycles. The lowest BCUT2D eigenvalue weighted by atomic mass is 9.92. The molecule has 26 heavy (non-hydrogen) atoms. The van der Waals surface area contributed by atoms with Crippen LogP contribution in [0, 0.1) is 0 Å². The van der Waals surface area contributed by atoms with Crippen LogP contribution in [0.15, 0.2) is 58.5 Å². The zero-order valence-electron chi connectivity index (χ0n) is 15.0. The topological polar surface area (TPSA) is 37.2 Å². The van der Waals surface area contributed by atoms with Crippen molar-refractivity contribution in [1.82, 2.24) is 0 Å². The second kappa shape index (κ2) is 6.40. The van der Waals surface area contributed by atoms with Gasteiger partial charge in [-0.3, -0.25) is 4.99 Å². The van der Waals surface area contributed by atoms with Gasteiger partial charge in [0.15, 0.2) is 6.20 Å². The quantitative estimate of drug-likeness (QED) is 0.732. The second-order valence-electron chi connectivity index (χ2n) is 7.58. The summed E-state index contributed by atoms with van der Waals surface area (Å²) in [5, 5.41) is 2.47. The van der Waals surface area contributed by atoms with Crippen molar-refractivity contribution in [3.63, 3.8) is 0 Å². The zero-order chi connectivity index (χ0) is 17.4. The maximum Gasteiger partial charge on any atom is 0.225 e. The molecule has 0 aromatic heterocycles. The van der Waals surface area contributed by atoms with Crippen molar-refractivity contribution in [3.05, 3.63) is 48.6 Å². The van der Waals surface area contributed by atoms with Gasteiger partial charge in [0.1, 0.15) is 5.75 Å². The molecule has 2 fully saturated rings. The molecule has 0 spiro atoms. The SMILES string of the molecule is C1=C[N+]2(N(c3ccc(OC4CCCC4)cc3)C3CCC3)C=NC=C2C=N1. The van der Waals surface area contributed by atoms with Crippen LogP contribution in [0.1, 0.15) is 44.9 Å². The summed E-state index contributed by atoms with van der Waals surface area (Å²) in [5.74, 6) is 0.982. The Kier molecular flexibility index (Phi) is 3.89. The van der Waals surface area contributed by atoms with Gasteiger partial charge >= 0.3 is 0 Å². The van der Waals surface area contributed by atoms with Gasteiger partial charge in [-0.15, -0.1) is 4.59 Å². The lowest BCUT2D eigenvalue weighted by Crippen LogP contribution is -2.61. The highest BCUT2D eigenvalue weighted by Crippen LogP contribution is 2.39. The van der Waals surface area contributed by atoms with Gasteiger partial charge in [0.05, 0.1) is 36.4 Å². The van der Waals surface area contributed by atoms with Gasteiger partial charge in [-0.25, -0.2) is 10.0 Å². The van der Waals surface area contributed by atoms with Crippen LogP contribution in [0.3, 0.4) is 0 Å². The third kappa shape index (κ3) is 2.58. The molecule has 2 aliphatic heterocycles. The standard InChI is InChI=1S/C21H25N4O/c1-2-7-20(6-1)26-21-10-8-18(9-11-21)24(17-4-3-5-17)25-13-12-22-14-19(25)15-23-16-25/h8-17,20H,1-7H2/q+1. The van der Waals surface area contributed by atoms with E-state index in [-0.39, 0.29) is 0 Å². The normalized spacial score (nSPS) is 27.3. The third-order valence-corrected chi connectivity index (χ3v) is 5.93. The number of anilines is 1. The molecule has 0 N–H and O–H groups in total. The maximum atomic E-state index is 6.14. The average Bonchev–Trinajstić information content (AvgIpc) is 3.28. The maximum absolute atomic E-state index is 6.14. The Balaban J connectivity index is 1.45. The summed E-state index contributed by atoms with van der Waals surface area (Å²) < 4.78 is 6.66. The summed E-state index contributed by atoms with van der Waals surface area (Å²) in [6.07, 6.45) is 18.9. The Morgan fingerprint density at radius 1 is 0.962 bits per heavy atom. The molecule has 1 unspecified atom stereocenters. The van der Waals surface area contributed by atoms with E-state index in [1.54, 1.807) is 0 Å². The van der Waals surface area contributed by atoms with Crippen LogP contribution < -0.4 is 9.75 Å². The van der Waals surface area contributed by atoms with Crippen LogP contribution >= 0.6 is 0 Å². The largest absolute Gasteiger partial charge is 0.490 e. The van der Waals surface area contributed by atoms with E-state index in [2.05, 4.69) is 45.5 Å². The Morgan fingerprint density at radius 2 is 1.77 bits per heavy atom. The van der Waals surface area contributed by atoms with Crippen LogP contribution in [0.4, 0.5) is 5.69 Å². The van der Waals surface area contributed by atoms with E-state index in [9.17, 15) is 0 Å². The number of rotatable bonds is 5. The van der Waals surface area contributed by atoms with E-state index in [0.29, 0.717) is 16.7 Å². The predicted octanol–water partition coefficient (Wildman–Crippen LogP) is 4.54. The first-order chi connectivity index (χ1) is 12.9. The highest BCUT2D eigenvalue weighted by Gasteiger charge is 2.46. The van der Waals surface area contributed by atoms with E-state index in [1.165, 1.54) is 50.6 Å². The number of allylic oxidation sites excluding steroid dienone is 1. The third-order valence-electron chi connectivity index (χ3n) is 5.93. The lowest BCUT2D eigenvalue weighted by Gasteiger charge is -2.46. The Bertz CT molecular complexity index is 785. The summed E-state index contributed by atoms with van der Waals surface area (Å²) in [7, 11) is 0. The first-order valence-electron chi connectivity index (χ1n) is 9.76. The van der Waals surface area contributed by atoms with Gasteiger partial charge in [0, 0.05) is 0 Å². The molecule has 2 saturated carbocycles. The molecule has 5 rings (SSSR count). The molecule has 1 aromatic rings. The molecular formula is C21H25N4O+. The number of hydrogen-bond donors (Lipinski definition) is 0. The number of quaternary nitrogens is 1. The predicted molar refractivity (Wildman–Crippen MR) is 104 cm³/mol.